The van der Waals surface area contributed by atoms with Crippen molar-refractivity contribution in [3.05, 3.63) is 24.8 Å². The molecule has 0 radical (unpaired) electrons. The fraction of sp³-hybridized carbons (Fsp3) is 0.545. The van der Waals surface area contributed by atoms with Crippen LogP contribution in [0.25, 0.3) is 0 Å². The standard InChI is InChI=1S/C11H17NO3/c1-2-3-4-5-6-7-8(13)9-10(15-9)11(12)14/h2,4-5,8-10,13H,1,3,6-7H2,(H2,12,14)/b5-4-/t8-,9-,10-/m1/s1. The molecular weight excluding hydrogens is 194 g/mol. The minimum Gasteiger partial charge on any atom is -0.390 e. The molecule has 1 aliphatic heterocycles. The Morgan fingerprint density at radius 2 is 2.33 bits per heavy atom. The highest BCUT2D eigenvalue weighted by atomic mass is 16.6. The highest BCUT2D eigenvalue weighted by Crippen LogP contribution is 2.27. The van der Waals surface area contributed by atoms with Gasteiger partial charge in [0, 0.05) is 0 Å². The third kappa shape index (κ3) is 3.85. The maximum absolute atomic E-state index is 10.7. The molecule has 0 bridgehead atoms. The number of primary amides is 1. The van der Waals surface area contributed by atoms with Crippen LogP contribution in [0.5, 0.6) is 0 Å². The number of allylic oxidation sites excluding steroid dienone is 3. The molecule has 0 unspecified atom stereocenters. The number of aliphatic hydroxyl groups excluding tert-OH is 1. The summed E-state index contributed by atoms with van der Waals surface area (Å²) >= 11 is 0. The fourth-order valence-electron chi connectivity index (χ4n) is 1.39. The van der Waals surface area contributed by atoms with Gasteiger partial charge in [-0.2, -0.15) is 0 Å². The van der Waals surface area contributed by atoms with Gasteiger partial charge in [0.1, 0.15) is 6.10 Å². The van der Waals surface area contributed by atoms with Gasteiger partial charge in [0.25, 0.3) is 0 Å². The van der Waals surface area contributed by atoms with Crippen LogP contribution < -0.4 is 5.73 Å². The Labute approximate surface area is 89.4 Å². The molecule has 1 amide bonds. The fourth-order valence-corrected chi connectivity index (χ4v) is 1.39. The van der Waals surface area contributed by atoms with Gasteiger partial charge >= 0.3 is 0 Å². The Hall–Kier alpha value is -1.13. The van der Waals surface area contributed by atoms with Crippen molar-refractivity contribution in [1.29, 1.82) is 0 Å². The minimum atomic E-state index is -0.601. The van der Waals surface area contributed by atoms with Crippen molar-refractivity contribution in [2.45, 2.75) is 37.6 Å². The third-order valence-corrected chi connectivity index (χ3v) is 2.28. The number of aliphatic hydroxyl groups is 1. The van der Waals surface area contributed by atoms with Crippen molar-refractivity contribution >= 4 is 5.91 Å². The number of carbonyl (C=O) groups excluding carboxylic acids is 1. The van der Waals surface area contributed by atoms with E-state index in [1.807, 2.05) is 12.2 Å². The molecule has 1 rings (SSSR count). The monoisotopic (exact) mass is 211 g/mol. The molecule has 0 aromatic carbocycles. The summed E-state index contributed by atoms with van der Waals surface area (Å²) < 4.78 is 4.95. The Morgan fingerprint density at radius 1 is 1.60 bits per heavy atom. The first-order valence-corrected chi connectivity index (χ1v) is 5.05. The van der Waals surface area contributed by atoms with Crippen LogP contribution in [0.15, 0.2) is 24.8 Å². The van der Waals surface area contributed by atoms with E-state index in [9.17, 15) is 9.90 Å². The van der Waals surface area contributed by atoms with Gasteiger partial charge < -0.3 is 15.6 Å². The molecule has 0 aromatic rings. The topological polar surface area (TPSA) is 75.8 Å². The number of rotatable bonds is 7. The van der Waals surface area contributed by atoms with E-state index < -0.39 is 24.2 Å². The number of hydrogen-bond acceptors (Lipinski definition) is 3. The van der Waals surface area contributed by atoms with E-state index in [1.165, 1.54) is 0 Å². The lowest BCUT2D eigenvalue weighted by atomic mass is 10.1. The van der Waals surface area contributed by atoms with E-state index in [0.717, 1.165) is 12.8 Å². The predicted octanol–water partition coefficient (Wildman–Crippen LogP) is 0.512. The average Bonchev–Trinajstić information content (AvgIpc) is 2.96. The number of carbonyl (C=O) groups is 1. The molecule has 1 saturated heterocycles. The molecule has 0 saturated carbocycles. The number of ether oxygens (including phenoxy) is 1. The maximum Gasteiger partial charge on any atom is 0.249 e. The summed E-state index contributed by atoms with van der Waals surface area (Å²) in [6.07, 6.45) is 6.37. The van der Waals surface area contributed by atoms with Crippen molar-refractivity contribution < 1.29 is 14.6 Å². The smallest absolute Gasteiger partial charge is 0.249 e. The summed E-state index contributed by atoms with van der Waals surface area (Å²) in [6.45, 7) is 3.59. The minimum absolute atomic E-state index is 0.393. The van der Waals surface area contributed by atoms with Crippen molar-refractivity contribution in [2.24, 2.45) is 5.73 Å². The highest BCUT2D eigenvalue weighted by Gasteiger charge is 2.47. The molecular formula is C11H17NO3. The number of hydrogen-bond donors (Lipinski definition) is 2. The average molecular weight is 211 g/mol. The van der Waals surface area contributed by atoms with E-state index in [-0.39, 0.29) is 0 Å². The van der Waals surface area contributed by atoms with Gasteiger partial charge in [0.2, 0.25) is 5.91 Å². The van der Waals surface area contributed by atoms with Gasteiger partial charge in [-0.1, -0.05) is 18.2 Å². The molecule has 0 spiro atoms. The van der Waals surface area contributed by atoms with Gasteiger partial charge in [-0.15, -0.1) is 6.58 Å². The van der Waals surface area contributed by atoms with Gasteiger partial charge in [0.15, 0.2) is 6.10 Å². The van der Waals surface area contributed by atoms with Crippen LogP contribution in [0, 0.1) is 0 Å². The zero-order chi connectivity index (χ0) is 11.3. The van der Waals surface area contributed by atoms with Crippen molar-refractivity contribution in [3.63, 3.8) is 0 Å². The van der Waals surface area contributed by atoms with Gasteiger partial charge in [0.05, 0.1) is 6.10 Å². The predicted molar refractivity (Wildman–Crippen MR) is 57.1 cm³/mol. The normalized spacial score (nSPS) is 26.5. The molecule has 0 aliphatic carbocycles. The molecule has 1 aliphatic rings. The number of epoxide rings is 1. The third-order valence-electron chi connectivity index (χ3n) is 2.28. The summed E-state index contributed by atoms with van der Waals surface area (Å²) in [5, 5.41) is 9.58. The lowest BCUT2D eigenvalue weighted by molar-refractivity contribution is -0.119. The number of amides is 1. The molecule has 0 aromatic heterocycles. The summed E-state index contributed by atoms with van der Waals surface area (Å²) in [4.78, 5) is 10.7. The molecule has 1 fully saturated rings. The van der Waals surface area contributed by atoms with E-state index in [0.29, 0.717) is 6.42 Å². The Bertz CT molecular complexity index is 263. The SMILES string of the molecule is C=CC/C=C\CC[C@@H](O)[C@H]1O[C@H]1C(N)=O. The summed E-state index contributed by atoms with van der Waals surface area (Å²) in [6, 6.07) is 0. The summed E-state index contributed by atoms with van der Waals surface area (Å²) in [5.41, 5.74) is 5.02. The van der Waals surface area contributed by atoms with Crippen LogP contribution in [0.1, 0.15) is 19.3 Å². The van der Waals surface area contributed by atoms with Crippen LogP contribution in [0.3, 0.4) is 0 Å². The molecule has 84 valence electrons. The first-order chi connectivity index (χ1) is 7.16. The van der Waals surface area contributed by atoms with Gasteiger partial charge in [-0.25, -0.2) is 0 Å². The summed E-state index contributed by atoms with van der Waals surface area (Å²) in [5.74, 6) is -0.499. The highest BCUT2D eigenvalue weighted by molar-refractivity contribution is 5.81. The largest absolute Gasteiger partial charge is 0.390 e. The molecule has 15 heavy (non-hydrogen) atoms. The Kier molecular flexibility index (Phi) is 4.52. The maximum atomic E-state index is 10.7. The van der Waals surface area contributed by atoms with Crippen molar-refractivity contribution in [1.82, 2.24) is 0 Å². The molecule has 1 heterocycles. The molecule has 3 atom stereocenters. The van der Waals surface area contributed by atoms with Crippen LogP contribution in [-0.4, -0.2) is 29.3 Å². The van der Waals surface area contributed by atoms with Gasteiger partial charge in [-0.3, -0.25) is 4.79 Å². The molecule has 4 nitrogen and oxygen atoms in total. The second-order valence-electron chi connectivity index (χ2n) is 3.56. The second kappa shape index (κ2) is 5.68. The number of nitrogens with two attached hydrogens (primary N) is 1. The quantitative estimate of drug-likeness (QED) is 0.476. The van der Waals surface area contributed by atoms with E-state index >= 15 is 0 Å². The first kappa shape index (κ1) is 11.9. The zero-order valence-electron chi connectivity index (χ0n) is 8.63. The van der Waals surface area contributed by atoms with Crippen LogP contribution in [0.4, 0.5) is 0 Å². The first-order valence-electron chi connectivity index (χ1n) is 5.05. The van der Waals surface area contributed by atoms with Crippen LogP contribution in [0.2, 0.25) is 0 Å². The Morgan fingerprint density at radius 3 is 2.87 bits per heavy atom. The lowest BCUT2D eigenvalue weighted by Gasteiger charge is -2.03. The van der Waals surface area contributed by atoms with Crippen LogP contribution in [-0.2, 0) is 9.53 Å². The zero-order valence-corrected chi connectivity index (χ0v) is 8.63. The van der Waals surface area contributed by atoms with E-state index in [1.54, 1.807) is 6.08 Å². The van der Waals surface area contributed by atoms with E-state index in [4.69, 9.17) is 10.5 Å². The Balaban J connectivity index is 2.12. The van der Waals surface area contributed by atoms with Gasteiger partial charge in [-0.05, 0) is 19.3 Å². The van der Waals surface area contributed by atoms with E-state index in [2.05, 4.69) is 6.58 Å². The molecule has 4 heteroatoms. The van der Waals surface area contributed by atoms with Crippen molar-refractivity contribution in [2.75, 3.05) is 0 Å². The van der Waals surface area contributed by atoms with Crippen molar-refractivity contribution in [3.8, 4) is 0 Å². The second-order valence-corrected chi connectivity index (χ2v) is 3.56. The summed E-state index contributed by atoms with van der Waals surface area (Å²) in [7, 11) is 0. The lowest BCUT2D eigenvalue weighted by Crippen LogP contribution is -2.25. The van der Waals surface area contributed by atoms with Crippen LogP contribution >= 0.6 is 0 Å². The molecule has 3 N–H and O–H groups in total.